The molecule has 0 aliphatic heterocycles. The summed E-state index contributed by atoms with van der Waals surface area (Å²) in [6.45, 7) is 2.70. The highest BCUT2D eigenvalue weighted by Gasteiger charge is 2.28. The Hall–Kier alpha value is -3.24. The van der Waals surface area contributed by atoms with Gasteiger partial charge in [0, 0.05) is 7.05 Å². The smallest absolute Gasteiger partial charge is 0.412 e. The second kappa shape index (κ2) is 9.71. The Balaban J connectivity index is 1.73. The van der Waals surface area contributed by atoms with E-state index in [0.717, 1.165) is 12.8 Å². The quantitative estimate of drug-likeness (QED) is 0.679. The lowest BCUT2D eigenvalue weighted by Gasteiger charge is -2.27. The Bertz CT molecular complexity index is 948. The molecule has 2 aromatic heterocycles. The number of carbonyl (C=O) groups excluding carboxylic acids is 1. The number of carboxylic acids is 1. The van der Waals surface area contributed by atoms with Gasteiger partial charge in [-0.15, -0.1) is 5.10 Å². The van der Waals surface area contributed by atoms with Crippen LogP contribution in [-0.4, -0.2) is 56.0 Å². The highest BCUT2D eigenvalue weighted by Crippen LogP contribution is 2.31. The number of pyridine rings is 1. The lowest BCUT2D eigenvalue weighted by molar-refractivity contribution is -0.143. The van der Waals surface area contributed by atoms with Gasteiger partial charge in [0.25, 0.3) is 0 Å². The van der Waals surface area contributed by atoms with Crippen LogP contribution >= 0.6 is 0 Å². The van der Waals surface area contributed by atoms with Crippen molar-refractivity contribution in [3.05, 3.63) is 17.8 Å². The summed E-state index contributed by atoms with van der Waals surface area (Å²) < 4.78 is 25.1. The summed E-state index contributed by atoms with van der Waals surface area (Å²) in [5.74, 6) is -0.358. The molecule has 168 valence electrons. The molecule has 0 radical (unpaired) electrons. The molecule has 2 heterocycles. The normalized spacial score (nSPS) is 19.5. The molecule has 1 fully saturated rings. The van der Waals surface area contributed by atoms with E-state index in [-0.39, 0.29) is 24.4 Å². The first kappa shape index (κ1) is 22.4. The highest BCUT2D eigenvalue weighted by atomic mass is 19.1. The molecule has 1 saturated carbocycles. The first-order valence-electron chi connectivity index (χ1n) is 10.1. The van der Waals surface area contributed by atoms with E-state index < -0.39 is 18.2 Å². The van der Waals surface area contributed by atoms with Gasteiger partial charge in [-0.2, -0.15) is 0 Å². The average molecular weight is 435 g/mol. The number of nitrogens with zero attached hydrogens (tertiary/aromatic N) is 4. The largest absolute Gasteiger partial charge is 0.489 e. The predicted molar refractivity (Wildman–Crippen MR) is 109 cm³/mol. The van der Waals surface area contributed by atoms with Crippen LogP contribution in [0.2, 0.25) is 0 Å². The summed E-state index contributed by atoms with van der Waals surface area (Å²) >= 11 is 0. The lowest BCUT2D eigenvalue weighted by Crippen LogP contribution is -2.29. The maximum absolute atomic E-state index is 12.9. The number of ether oxygens (including phenoxy) is 2. The number of aliphatic carboxylic acids is 1. The summed E-state index contributed by atoms with van der Waals surface area (Å²) in [6.07, 6.45) is 0.456. The Kier molecular flexibility index (Phi) is 7.03. The summed E-state index contributed by atoms with van der Waals surface area (Å²) in [5, 5.41) is 19.7. The van der Waals surface area contributed by atoms with E-state index in [1.54, 1.807) is 26.1 Å². The van der Waals surface area contributed by atoms with Crippen molar-refractivity contribution in [3.8, 4) is 17.1 Å². The number of hydrogen-bond donors (Lipinski definition) is 2. The van der Waals surface area contributed by atoms with Crippen molar-refractivity contribution in [2.45, 2.75) is 51.8 Å². The minimum Gasteiger partial charge on any atom is -0.489 e. The number of carbonyl (C=O) groups is 2. The van der Waals surface area contributed by atoms with Gasteiger partial charge in [-0.3, -0.25) is 10.1 Å². The molecular weight excluding hydrogens is 409 g/mol. The fraction of sp³-hybridized carbons (Fsp3) is 0.550. The standard InChI is InChI=1S/C20H26FN5O5/c1-11(21)10-30-20(29)23-18-17(24-25-26(18)3)15-7-8-16(12(2)22-15)31-14-6-4-5-13(9-14)19(27)28/h7-8,11,13-14H,4-6,9-10H2,1-3H3,(H,23,29)(H,27,28)/t11?,13-,14-/m0/s1. The molecule has 31 heavy (non-hydrogen) atoms. The molecule has 1 amide bonds. The van der Waals surface area contributed by atoms with E-state index in [4.69, 9.17) is 9.47 Å². The minimum atomic E-state index is -1.28. The number of aryl methyl sites for hydroxylation is 2. The monoisotopic (exact) mass is 435 g/mol. The van der Waals surface area contributed by atoms with Crippen LogP contribution in [0, 0.1) is 12.8 Å². The third-order valence-corrected chi connectivity index (χ3v) is 5.04. The van der Waals surface area contributed by atoms with E-state index in [9.17, 15) is 19.1 Å². The number of aromatic nitrogens is 4. The third kappa shape index (κ3) is 5.68. The Labute approximate surface area is 178 Å². The molecule has 3 rings (SSSR count). The zero-order chi connectivity index (χ0) is 22.5. The first-order valence-corrected chi connectivity index (χ1v) is 10.1. The van der Waals surface area contributed by atoms with Crippen molar-refractivity contribution in [1.29, 1.82) is 0 Å². The van der Waals surface area contributed by atoms with Crippen LogP contribution in [0.25, 0.3) is 11.4 Å². The SMILES string of the molecule is Cc1nc(-c2nnn(C)c2NC(=O)OCC(C)F)ccc1O[C@H]1CCC[C@H](C(=O)O)C1. The molecule has 0 bridgehead atoms. The molecule has 0 saturated heterocycles. The lowest BCUT2D eigenvalue weighted by atomic mass is 9.87. The molecule has 1 aliphatic rings. The van der Waals surface area contributed by atoms with Gasteiger partial charge in [-0.05, 0) is 51.7 Å². The van der Waals surface area contributed by atoms with Gasteiger partial charge in [0.1, 0.15) is 18.5 Å². The summed E-state index contributed by atoms with van der Waals surface area (Å²) in [5.41, 5.74) is 1.38. The molecule has 11 heteroatoms. The molecule has 1 unspecified atom stereocenters. The van der Waals surface area contributed by atoms with Crippen LogP contribution in [0.4, 0.5) is 15.0 Å². The van der Waals surface area contributed by atoms with Crippen LogP contribution in [0.15, 0.2) is 12.1 Å². The number of anilines is 1. The molecule has 3 atom stereocenters. The number of alkyl halides is 1. The van der Waals surface area contributed by atoms with Gasteiger partial charge in [0.2, 0.25) is 0 Å². The van der Waals surface area contributed by atoms with Crippen molar-refractivity contribution in [1.82, 2.24) is 20.0 Å². The Morgan fingerprint density at radius 2 is 2.16 bits per heavy atom. The molecule has 1 aliphatic carbocycles. The Morgan fingerprint density at radius 1 is 1.39 bits per heavy atom. The Morgan fingerprint density at radius 3 is 2.84 bits per heavy atom. The van der Waals surface area contributed by atoms with Crippen molar-refractivity contribution < 1.29 is 28.6 Å². The van der Waals surface area contributed by atoms with Gasteiger partial charge in [-0.1, -0.05) is 5.21 Å². The number of halogens is 1. The van der Waals surface area contributed by atoms with Crippen LogP contribution < -0.4 is 10.1 Å². The molecule has 2 N–H and O–H groups in total. The van der Waals surface area contributed by atoms with Crippen LogP contribution in [0.3, 0.4) is 0 Å². The van der Waals surface area contributed by atoms with Gasteiger partial charge >= 0.3 is 12.1 Å². The van der Waals surface area contributed by atoms with Gasteiger partial charge in [0.05, 0.1) is 23.4 Å². The number of amides is 1. The van der Waals surface area contributed by atoms with E-state index in [2.05, 4.69) is 20.6 Å². The fourth-order valence-corrected chi connectivity index (χ4v) is 3.45. The number of carboxylic acid groups (broad SMARTS) is 1. The minimum absolute atomic E-state index is 0.178. The number of rotatable bonds is 7. The second-order valence-corrected chi connectivity index (χ2v) is 7.64. The molecule has 10 nitrogen and oxygen atoms in total. The summed E-state index contributed by atoms with van der Waals surface area (Å²) in [4.78, 5) is 27.7. The van der Waals surface area contributed by atoms with Gasteiger partial charge in [0.15, 0.2) is 11.5 Å². The maximum Gasteiger partial charge on any atom is 0.412 e. The van der Waals surface area contributed by atoms with Gasteiger partial charge in [-0.25, -0.2) is 18.9 Å². The second-order valence-electron chi connectivity index (χ2n) is 7.64. The zero-order valence-electron chi connectivity index (χ0n) is 17.7. The maximum atomic E-state index is 12.9. The fourth-order valence-electron chi connectivity index (χ4n) is 3.45. The average Bonchev–Trinajstić information content (AvgIpc) is 3.08. The van der Waals surface area contributed by atoms with Crippen LogP contribution in [0.5, 0.6) is 5.75 Å². The number of nitrogens with one attached hydrogen (secondary N) is 1. The number of hydrogen-bond acceptors (Lipinski definition) is 7. The van der Waals surface area contributed by atoms with E-state index >= 15 is 0 Å². The van der Waals surface area contributed by atoms with Crippen LogP contribution in [-0.2, 0) is 16.6 Å². The molecule has 0 spiro atoms. The predicted octanol–water partition coefficient (Wildman–Crippen LogP) is 3.11. The van der Waals surface area contributed by atoms with E-state index in [1.807, 2.05) is 0 Å². The van der Waals surface area contributed by atoms with Crippen LogP contribution in [0.1, 0.15) is 38.3 Å². The highest BCUT2D eigenvalue weighted by molar-refractivity contribution is 5.88. The third-order valence-electron chi connectivity index (χ3n) is 5.04. The van der Waals surface area contributed by atoms with Gasteiger partial charge < -0.3 is 14.6 Å². The van der Waals surface area contributed by atoms with Crippen molar-refractivity contribution in [2.75, 3.05) is 11.9 Å². The zero-order valence-corrected chi connectivity index (χ0v) is 17.7. The molecular formula is C20H26FN5O5. The van der Waals surface area contributed by atoms with E-state index in [0.29, 0.717) is 35.7 Å². The molecule has 0 aromatic carbocycles. The van der Waals surface area contributed by atoms with Crippen molar-refractivity contribution >= 4 is 17.9 Å². The van der Waals surface area contributed by atoms with Crippen molar-refractivity contribution in [3.63, 3.8) is 0 Å². The summed E-state index contributed by atoms with van der Waals surface area (Å²) in [7, 11) is 1.59. The van der Waals surface area contributed by atoms with E-state index in [1.165, 1.54) is 11.6 Å². The molecule has 2 aromatic rings. The van der Waals surface area contributed by atoms with Crippen molar-refractivity contribution in [2.24, 2.45) is 13.0 Å². The topological polar surface area (TPSA) is 128 Å². The first-order chi connectivity index (χ1) is 14.7. The summed E-state index contributed by atoms with van der Waals surface area (Å²) in [6, 6.07) is 3.42.